The fraction of sp³-hybridized carbons (Fsp3) is 0.941. The first kappa shape index (κ1) is 16.5. The van der Waals surface area contributed by atoms with E-state index in [1.54, 1.807) is 0 Å². The Hall–Kier alpha value is -0.530. The van der Waals surface area contributed by atoms with E-state index in [9.17, 15) is 4.79 Å². The molecule has 0 aromatic heterocycles. The molecule has 0 aromatic rings. The predicted molar refractivity (Wildman–Crippen MR) is 82.0 cm³/mol. The summed E-state index contributed by atoms with van der Waals surface area (Å²) in [5, 5.41) is 0. The molecule has 2 heteroatoms. The van der Waals surface area contributed by atoms with Gasteiger partial charge in [0, 0.05) is 18.5 Å². The van der Waals surface area contributed by atoms with Gasteiger partial charge in [-0.25, -0.2) is 0 Å². The van der Waals surface area contributed by atoms with E-state index in [-0.39, 0.29) is 5.41 Å². The van der Waals surface area contributed by atoms with Crippen LogP contribution in [0.5, 0.6) is 0 Å². The quantitative estimate of drug-likeness (QED) is 0.728. The molecule has 2 nitrogen and oxygen atoms in total. The second kappa shape index (κ2) is 6.76. The molecule has 1 aliphatic heterocycles. The maximum Gasteiger partial charge on any atom is 0.228 e. The Morgan fingerprint density at radius 3 is 1.79 bits per heavy atom. The van der Waals surface area contributed by atoms with E-state index in [1.807, 2.05) is 0 Å². The number of rotatable bonds is 2. The van der Waals surface area contributed by atoms with E-state index in [0.29, 0.717) is 5.91 Å². The van der Waals surface area contributed by atoms with Crippen molar-refractivity contribution in [3.05, 3.63) is 0 Å². The molecular formula is C17H33NO. The van der Waals surface area contributed by atoms with Crippen molar-refractivity contribution in [1.82, 2.24) is 4.90 Å². The number of likely N-dealkylation sites (tertiary alicyclic amines) is 1. The summed E-state index contributed by atoms with van der Waals surface area (Å²) in [6, 6.07) is 0. The van der Waals surface area contributed by atoms with Crippen LogP contribution in [0.3, 0.4) is 0 Å². The van der Waals surface area contributed by atoms with Crippen LogP contribution in [-0.2, 0) is 4.79 Å². The van der Waals surface area contributed by atoms with Gasteiger partial charge in [0.2, 0.25) is 5.91 Å². The average Bonchev–Trinajstić information content (AvgIpc) is 3.07. The van der Waals surface area contributed by atoms with Crippen molar-refractivity contribution < 1.29 is 4.79 Å². The number of carbonyl (C=O) groups excluding carboxylic acids is 1. The van der Waals surface area contributed by atoms with Crippen LogP contribution in [0.1, 0.15) is 67.2 Å². The minimum atomic E-state index is 0.0324. The first-order chi connectivity index (χ1) is 8.76. The first-order valence-corrected chi connectivity index (χ1v) is 8.05. The Bertz CT molecular complexity index is 281. The molecule has 112 valence electrons. The van der Waals surface area contributed by atoms with Crippen molar-refractivity contribution in [2.45, 2.75) is 67.2 Å². The molecule has 0 bridgehead atoms. The number of carbonyl (C=O) groups is 1. The van der Waals surface area contributed by atoms with Crippen LogP contribution in [0, 0.1) is 23.2 Å². The minimum Gasteiger partial charge on any atom is -0.342 e. The summed E-state index contributed by atoms with van der Waals surface area (Å²) in [5.41, 5.74) is 0.0324. The van der Waals surface area contributed by atoms with Gasteiger partial charge in [-0.15, -0.1) is 0 Å². The molecule has 2 aliphatic rings. The molecule has 0 radical (unpaired) electrons. The van der Waals surface area contributed by atoms with Crippen molar-refractivity contribution in [2.75, 3.05) is 13.1 Å². The largest absolute Gasteiger partial charge is 0.342 e. The molecule has 2 fully saturated rings. The summed E-state index contributed by atoms with van der Waals surface area (Å²) in [7, 11) is 0. The van der Waals surface area contributed by atoms with Gasteiger partial charge in [0.15, 0.2) is 0 Å². The standard InChI is InChI=1S/C13H23NO.C4H10/c1-10(2)11-4-8-14(9-5-11)12(15)13(3)6-7-13;1-4(2)3/h10-11H,4-9H2,1-3H3;4H,1-3H3. The van der Waals surface area contributed by atoms with Gasteiger partial charge < -0.3 is 4.90 Å². The van der Waals surface area contributed by atoms with Gasteiger partial charge >= 0.3 is 0 Å². The van der Waals surface area contributed by atoms with Crippen LogP contribution in [0.2, 0.25) is 0 Å². The van der Waals surface area contributed by atoms with Crippen molar-refractivity contribution in [1.29, 1.82) is 0 Å². The van der Waals surface area contributed by atoms with E-state index in [1.165, 1.54) is 12.8 Å². The number of hydrogen-bond donors (Lipinski definition) is 0. The SMILES string of the molecule is CC(C)C.CC(C)C1CCN(C(=O)C2(C)CC2)CC1. The highest BCUT2D eigenvalue weighted by molar-refractivity contribution is 5.84. The molecule has 1 amide bonds. The van der Waals surface area contributed by atoms with Crippen LogP contribution in [0.4, 0.5) is 0 Å². The smallest absolute Gasteiger partial charge is 0.228 e. The zero-order chi connectivity index (χ0) is 14.6. The minimum absolute atomic E-state index is 0.0324. The van der Waals surface area contributed by atoms with E-state index in [4.69, 9.17) is 0 Å². The second-order valence-corrected chi connectivity index (χ2v) is 7.67. The van der Waals surface area contributed by atoms with Gasteiger partial charge in [-0.3, -0.25) is 4.79 Å². The fourth-order valence-corrected chi connectivity index (χ4v) is 2.55. The van der Waals surface area contributed by atoms with Gasteiger partial charge in [0.1, 0.15) is 0 Å². The summed E-state index contributed by atoms with van der Waals surface area (Å²) in [6.07, 6.45) is 4.63. The Morgan fingerprint density at radius 1 is 1.05 bits per heavy atom. The zero-order valence-electron chi connectivity index (χ0n) is 13.8. The molecule has 0 aromatic carbocycles. The highest BCUT2D eigenvalue weighted by Gasteiger charge is 2.47. The summed E-state index contributed by atoms with van der Waals surface area (Å²) >= 11 is 0. The molecule has 0 unspecified atom stereocenters. The normalized spacial score (nSPS) is 22.2. The highest BCUT2D eigenvalue weighted by atomic mass is 16.2. The van der Waals surface area contributed by atoms with Crippen molar-refractivity contribution in [3.63, 3.8) is 0 Å². The van der Waals surface area contributed by atoms with Crippen molar-refractivity contribution in [2.24, 2.45) is 23.2 Å². The fourth-order valence-electron chi connectivity index (χ4n) is 2.55. The number of piperidine rings is 1. The van der Waals surface area contributed by atoms with Crippen LogP contribution in [0.25, 0.3) is 0 Å². The second-order valence-electron chi connectivity index (χ2n) is 7.67. The van der Waals surface area contributed by atoms with Gasteiger partial charge in [0.25, 0.3) is 0 Å². The molecular weight excluding hydrogens is 234 g/mol. The maximum absolute atomic E-state index is 12.1. The third kappa shape index (κ3) is 5.16. The summed E-state index contributed by atoms with van der Waals surface area (Å²) in [4.78, 5) is 14.2. The Morgan fingerprint density at radius 2 is 1.47 bits per heavy atom. The number of nitrogens with zero attached hydrogens (tertiary/aromatic N) is 1. The molecule has 1 saturated carbocycles. The van der Waals surface area contributed by atoms with Crippen LogP contribution in [-0.4, -0.2) is 23.9 Å². The third-order valence-corrected chi connectivity index (χ3v) is 4.29. The van der Waals surface area contributed by atoms with Gasteiger partial charge in [-0.2, -0.15) is 0 Å². The van der Waals surface area contributed by atoms with Crippen molar-refractivity contribution >= 4 is 5.91 Å². The third-order valence-electron chi connectivity index (χ3n) is 4.29. The lowest BCUT2D eigenvalue weighted by atomic mass is 9.86. The highest BCUT2D eigenvalue weighted by Crippen LogP contribution is 2.47. The van der Waals surface area contributed by atoms with E-state index >= 15 is 0 Å². The zero-order valence-corrected chi connectivity index (χ0v) is 13.8. The lowest BCUT2D eigenvalue weighted by molar-refractivity contribution is -0.138. The number of amides is 1. The van der Waals surface area contributed by atoms with Crippen LogP contribution < -0.4 is 0 Å². The topological polar surface area (TPSA) is 20.3 Å². The van der Waals surface area contributed by atoms with Gasteiger partial charge in [-0.05, 0) is 43.4 Å². The molecule has 0 atom stereocenters. The average molecular weight is 267 g/mol. The summed E-state index contributed by atoms with van der Waals surface area (Å²) in [6.45, 7) is 15.2. The molecule has 1 heterocycles. The molecule has 19 heavy (non-hydrogen) atoms. The Labute approximate surface area is 119 Å². The lowest BCUT2D eigenvalue weighted by Gasteiger charge is -2.35. The van der Waals surface area contributed by atoms with E-state index in [2.05, 4.69) is 46.4 Å². The molecule has 1 saturated heterocycles. The Balaban J connectivity index is 0.000000399. The summed E-state index contributed by atoms with van der Waals surface area (Å²) in [5.74, 6) is 2.87. The van der Waals surface area contributed by atoms with Crippen LogP contribution in [0.15, 0.2) is 0 Å². The Kier molecular flexibility index (Phi) is 5.88. The lowest BCUT2D eigenvalue weighted by Crippen LogP contribution is -2.42. The van der Waals surface area contributed by atoms with E-state index < -0.39 is 0 Å². The predicted octanol–water partition coefficient (Wildman–Crippen LogP) is 4.34. The molecule has 2 rings (SSSR count). The molecule has 1 aliphatic carbocycles. The van der Waals surface area contributed by atoms with E-state index in [0.717, 1.165) is 43.7 Å². The molecule has 0 N–H and O–H groups in total. The van der Waals surface area contributed by atoms with Crippen LogP contribution >= 0.6 is 0 Å². The number of hydrogen-bond acceptors (Lipinski definition) is 1. The van der Waals surface area contributed by atoms with Gasteiger partial charge in [0.05, 0.1) is 0 Å². The first-order valence-electron chi connectivity index (χ1n) is 8.05. The summed E-state index contributed by atoms with van der Waals surface area (Å²) < 4.78 is 0. The van der Waals surface area contributed by atoms with Crippen molar-refractivity contribution in [3.8, 4) is 0 Å². The van der Waals surface area contributed by atoms with Gasteiger partial charge in [-0.1, -0.05) is 41.5 Å². The monoisotopic (exact) mass is 267 g/mol. The maximum atomic E-state index is 12.1. The molecule has 0 spiro atoms.